The first kappa shape index (κ1) is 22.2. The minimum absolute atomic E-state index is 0.0639. The molecule has 0 aliphatic rings. The summed E-state index contributed by atoms with van der Waals surface area (Å²) in [4.78, 5) is 16.5. The zero-order valence-corrected chi connectivity index (χ0v) is 15.6. The summed E-state index contributed by atoms with van der Waals surface area (Å²) in [6, 6.07) is 4.86. The molecule has 3 rings (SSSR count). The van der Waals surface area contributed by atoms with E-state index in [1.807, 2.05) is 0 Å². The van der Waals surface area contributed by atoms with Crippen LogP contribution >= 0.6 is 0 Å². The molecule has 0 radical (unpaired) electrons. The standard InChI is InChI=1S/C19H13F7N4O/c1-9(15-28-16(30-29-15)10-2-4-14(20)5-3-10)27-17(31)11-6-12(18(21,22)23)8-13(7-11)19(24,25)26/h2-9H,1H3,(H,27,31)(H,28,29,30). The second-order valence-corrected chi connectivity index (χ2v) is 6.54. The van der Waals surface area contributed by atoms with Crippen molar-refractivity contribution in [3.05, 3.63) is 70.8 Å². The number of amides is 1. The van der Waals surface area contributed by atoms with Gasteiger partial charge in [0, 0.05) is 11.1 Å². The number of nitrogens with zero attached hydrogens (tertiary/aromatic N) is 2. The van der Waals surface area contributed by atoms with Crippen LogP contribution in [0.25, 0.3) is 11.4 Å². The average molecular weight is 446 g/mol. The minimum atomic E-state index is -5.07. The number of aromatic amines is 1. The molecule has 0 bridgehead atoms. The Morgan fingerprint density at radius 1 is 0.968 bits per heavy atom. The van der Waals surface area contributed by atoms with E-state index in [9.17, 15) is 35.5 Å². The van der Waals surface area contributed by atoms with E-state index >= 15 is 0 Å². The van der Waals surface area contributed by atoms with E-state index in [0.717, 1.165) is 0 Å². The average Bonchev–Trinajstić information content (AvgIpc) is 3.17. The fourth-order valence-corrected chi connectivity index (χ4v) is 2.63. The third kappa shape index (κ3) is 5.19. The van der Waals surface area contributed by atoms with Crippen molar-refractivity contribution in [3.63, 3.8) is 0 Å². The van der Waals surface area contributed by atoms with E-state index in [4.69, 9.17) is 0 Å². The van der Waals surface area contributed by atoms with Gasteiger partial charge in [0.1, 0.15) is 11.6 Å². The quantitative estimate of drug-likeness (QED) is 0.546. The van der Waals surface area contributed by atoms with E-state index < -0.39 is 46.8 Å². The molecule has 1 heterocycles. The number of alkyl halides is 6. The van der Waals surface area contributed by atoms with Crippen LogP contribution in [0.5, 0.6) is 0 Å². The molecule has 0 fully saturated rings. The van der Waals surface area contributed by atoms with Crippen molar-refractivity contribution in [2.24, 2.45) is 0 Å². The molecule has 164 valence electrons. The highest BCUT2D eigenvalue weighted by Gasteiger charge is 2.37. The van der Waals surface area contributed by atoms with Gasteiger partial charge in [-0.2, -0.15) is 31.4 Å². The molecule has 1 amide bonds. The first-order valence-corrected chi connectivity index (χ1v) is 8.63. The van der Waals surface area contributed by atoms with Gasteiger partial charge >= 0.3 is 12.4 Å². The van der Waals surface area contributed by atoms with Gasteiger partial charge in [-0.3, -0.25) is 9.89 Å². The van der Waals surface area contributed by atoms with Crippen molar-refractivity contribution in [3.8, 4) is 11.4 Å². The zero-order valence-electron chi connectivity index (χ0n) is 15.6. The molecule has 0 saturated heterocycles. The number of hydrogen-bond donors (Lipinski definition) is 2. The van der Waals surface area contributed by atoms with E-state index in [2.05, 4.69) is 20.5 Å². The van der Waals surface area contributed by atoms with Crippen LogP contribution in [0.1, 0.15) is 40.3 Å². The maximum absolute atomic E-state index is 13.0. The molecule has 12 heteroatoms. The van der Waals surface area contributed by atoms with Crippen LogP contribution in [0.4, 0.5) is 30.7 Å². The molecular weight excluding hydrogens is 433 g/mol. The highest BCUT2D eigenvalue weighted by atomic mass is 19.4. The Bertz CT molecular complexity index is 1060. The predicted octanol–water partition coefficient (Wildman–Crippen LogP) is 5.14. The van der Waals surface area contributed by atoms with Crippen LogP contribution in [0.15, 0.2) is 42.5 Å². The highest BCUT2D eigenvalue weighted by molar-refractivity contribution is 5.94. The molecule has 0 aliphatic carbocycles. The van der Waals surface area contributed by atoms with Gasteiger partial charge in [0.05, 0.1) is 17.2 Å². The fourth-order valence-electron chi connectivity index (χ4n) is 2.63. The number of rotatable bonds is 4. The van der Waals surface area contributed by atoms with Crippen molar-refractivity contribution < 1.29 is 35.5 Å². The van der Waals surface area contributed by atoms with Crippen molar-refractivity contribution in [1.82, 2.24) is 20.5 Å². The van der Waals surface area contributed by atoms with E-state index in [-0.39, 0.29) is 17.7 Å². The smallest absolute Gasteiger partial charge is 0.342 e. The first-order chi connectivity index (χ1) is 14.3. The molecule has 0 spiro atoms. The molecule has 0 aliphatic heterocycles. The van der Waals surface area contributed by atoms with Gasteiger partial charge in [-0.25, -0.2) is 9.37 Å². The Labute approximate surface area is 170 Å². The molecule has 1 atom stereocenters. The van der Waals surface area contributed by atoms with Crippen LogP contribution in [0.2, 0.25) is 0 Å². The lowest BCUT2D eigenvalue weighted by atomic mass is 10.0. The predicted molar refractivity (Wildman–Crippen MR) is 94.1 cm³/mol. The summed E-state index contributed by atoms with van der Waals surface area (Å²) in [5.74, 6) is -1.38. The van der Waals surface area contributed by atoms with Crippen LogP contribution < -0.4 is 5.32 Å². The number of aromatic nitrogens is 3. The van der Waals surface area contributed by atoms with Crippen LogP contribution in [0.3, 0.4) is 0 Å². The van der Waals surface area contributed by atoms with E-state index in [0.29, 0.717) is 17.7 Å². The molecule has 0 saturated carbocycles. The van der Waals surface area contributed by atoms with Crippen molar-refractivity contribution >= 4 is 5.91 Å². The number of carbonyl (C=O) groups excluding carboxylic acids is 1. The summed E-state index contributed by atoms with van der Waals surface area (Å²) in [5, 5.41) is 8.70. The Balaban J connectivity index is 1.83. The van der Waals surface area contributed by atoms with Crippen LogP contribution in [0, 0.1) is 5.82 Å². The zero-order chi connectivity index (χ0) is 23.0. The van der Waals surface area contributed by atoms with E-state index in [1.165, 1.54) is 31.2 Å². The Morgan fingerprint density at radius 2 is 1.52 bits per heavy atom. The number of H-pyrrole nitrogens is 1. The van der Waals surface area contributed by atoms with Crippen LogP contribution in [-0.4, -0.2) is 21.1 Å². The van der Waals surface area contributed by atoms with Crippen molar-refractivity contribution in [2.45, 2.75) is 25.3 Å². The lowest BCUT2D eigenvalue weighted by Crippen LogP contribution is -2.28. The van der Waals surface area contributed by atoms with Crippen molar-refractivity contribution in [1.29, 1.82) is 0 Å². The van der Waals surface area contributed by atoms with Gasteiger partial charge in [0.25, 0.3) is 5.91 Å². The van der Waals surface area contributed by atoms with Gasteiger partial charge in [0.15, 0.2) is 5.82 Å². The topological polar surface area (TPSA) is 70.7 Å². The maximum Gasteiger partial charge on any atom is 0.416 e. The molecule has 1 aromatic heterocycles. The summed E-state index contributed by atoms with van der Waals surface area (Å²) in [5.41, 5.74) is -3.56. The second kappa shape index (κ2) is 8.00. The Kier molecular flexibility index (Phi) is 5.74. The van der Waals surface area contributed by atoms with Gasteiger partial charge in [-0.05, 0) is 49.4 Å². The summed E-state index contributed by atoms with van der Waals surface area (Å²) in [6.45, 7) is 1.41. The maximum atomic E-state index is 13.0. The highest BCUT2D eigenvalue weighted by Crippen LogP contribution is 2.36. The third-order valence-corrected chi connectivity index (χ3v) is 4.21. The SMILES string of the molecule is CC(NC(=O)c1cc(C(F)(F)F)cc(C(F)(F)F)c1)c1nc(-c2ccc(F)cc2)n[nH]1. The fraction of sp³-hybridized carbons (Fsp3) is 0.211. The number of hydrogen-bond acceptors (Lipinski definition) is 3. The Hall–Kier alpha value is -3.44. The molecule has 31 heavy (non-hydrogen) atoms. The largest absolute Gasteiger partial charge is 0.416 e. The molecule has 3 aromatic rings. The summed E-state index contributed by atoms with van der Waals surface area (Å²) in [7, 11) is 0. The molecule has 2 N–H and O–H groups in total. The Morgan fingerprint density at radius 3 is 2.03 bits per heavy atom. The summed E-state index contributed by atoms with van der Waals surface area (Å²) < 4.78 is 90.8. The monoisotopic (exact) mass is 446 g/mol. The molecule has 5 nitrogen and oxygen atoms in total. The third-order valence-electron chi connectivity index (χ3n) is 4.21. The summed E-state index contributed by atoms with van der Waals surface area (Å²) >= 11 is 0. The van der Waals surface area contributed by atoms with Gasteiger partial charge in [0.2, 0.25) is 0 Å². The lowest BCUT2D eigenvalue weighted by molar-refractivity contribution is -0.143. The molecule has 2 aromatic carbocycles. The van der Waals surface area contributed by atoms with Crippen LogP contribution in [-0.2, 0) is 12.4 Å². The van der Waals surface area contributed by atoms with Gasteiger partial charge in [-0.15, -0.1) is 0 Å². The lowest BCUT2D eigenvalue weighted by Gasteiger charge is -2.15. The number of halogens is 7. The number of carbonyl (C=O) groups is 1. The summed E-state index contributed by atoms with van der Waals surface area (Å²) in [6.07, 6.45) is -10.1. The number of nitrogens with one attached hydrogen (secondary N) is 2. The normalized spacial score (nSPS) is 13.2. The van der Waals surface area contributed by atoms with Gasteiger partial charge < -0.3 is 5.32 Å². The first-order valence-electron chi connectivity index (χ1n) is 8.63. The second-order valence-electron chi connectivity index (χ2n) is 6.54. The molecule has 1 unspecified atom stereocenters. The van der Waals surface area contributed by atoms with E-state index in [1.54, 1.807) is 0 Å². The van der Waals surface area contributed by atoms with Crippen molar-refractivity contribution in [2.75, 3.05) is 0 Å². The molecular formula is C19H13F7N4O. The van der Waals surface area contributed by atoms with Gasteiger partial charge in [-0.1, -0.05) is 0 Å². The number of benzene rings is 2. The minimum Gasteiger partial charge on any atom is -0.342 e.